The van der Waals surface area contributed by atoms with Gasteiger partial charge in [-0.2, -0.15) is 0 Å². The molecule has 5 aliphatic rings. The number of piperidine rings is 1. The van der Waals surface area contributed by atoms with E-state index in [4.69, 9.17) is 0 Å². The minimum Gasteiger partial charge on any atom is -0.372 e. The molecule has 1 heterocycles. The fraction of sp³-hybridized carbons (Fsp3) is 0.696. The molecule has 4 bridgehead atoms. The number of amides is 1. The summed E-state index contributed by atoms with van der Waals surface area (Å²) < 4.78 is 0. The van der Waals surface area contributed by atoms with Crippen molar-refractivity contribution in [3.05, 3.63) is 24.3 Å². The first-order valence-corrected chi connectivity index (χ1v) is 11.2. The van der Waals surface area contributed by atoms with Gasteiger partial charge in [-0.15, -0.1) is 0 Å². The van der Waals surface area contributed by atoms with E-state index in [1.165, 1.54) is 63.5 Å². The average Bonchev–Trinajstić information content (AvgIpc) is 2.67. The number of nitrogens with zero attached hydrogens (tertiary/aromatic N) is 1. The van der Waals surface area contributed by atoms with Crippen LogP contribution in [0.15, 0.2) is 24.3 Å². The molecule has 4 nitrogen and oxygen atoms in total. The van der Waals surface area contributed by atoms with E-state index >= 15 is 0 Å². The number of nitrogens with one attached hydrogen (secondary N) is 1. The zero-order valence-corrected chi connectivity index (χ0v) is 16.5. The molecule has 1 aliphatic heterocycles. The van der Waals surface area contributed by atoms with E-state index in [1.54, 1.807) is 0 Å². The summed E-state index contributed by atoms with van der Waals surface area (Å²) in [4.78, 5) is 15.0. The highest BCUT2D eigenvalue weighted by Gasteiger charge is 2.53. The molecule has 1 aromatic carbocycles. The van der Waals surface area contributed by atoms with Gasteiger partial charge in [-0.25, -0.2) is 0 Å². The van der Waals surface area contributed by atoms with Crippen LogP contribution in [0.4, 0.5) is 11.4 Å². The number of nitrogens with two attached hydrogens (primary N) is 1. The van der Waals surface area contributed by atoms with Crippen molar-refractivity contribution in [2.24, 2.45) is 17.8 Å². The van der Waals surface area contributed by atoms with E-state index < -0.39 is 0 Å². The zero-order chi connectivity index (χ0) is 18.3. The molecule has 1 aromatic rings. The van der Waals surface area contributed by atoms with Crippen molar-refractivity contribution in [3.63, 3.8) is 0 Å². The average molecular weight is 369 g/mol. The van der Waals surface area contributed by atoms with Crippen molar-refractivity contribution in [1.29, 1.82) is 0 Å². The summed E-state index contributed by atoms with van der Waals surface area (Å²) in [5, 5.41) is 5.51. The van der Waals surface area contributed by atoms with E-state index in [0.29, 0.717) is 12.1 Å². The molecule has 5 fully saturated rings. The molecule has 4 heteroatoms. The molecule has 27 heavy (non-hydrogen) atoms. The number of anilines is 2. The Bertz CT molecular complexity index is 642. The lowest BCUT2D eigenvalue weighted by Crippen LogP contribution is -3.00. The summed E-state index contributed by atoms with van der Waals surface area (Å²) in [7, 11) is 0. The molecule has 1 amide bonds. The highest BCUT2D eigenvalue weighted by molar-refractivity contribution is 5.91. The first-order valence-electron chi connectivity index (χ1n) is 11.2. The maximum atomic E-state index is 12.5. The van der Waals surface area contributed by atoms with Gasteiger partial charge in [-0.3, -0.25) is 4.79 Å². The quantitative estimate of drug-likeness (QED) is 0.839. The Labute approximate surface area is 163 Å². The first kappa shape index (κ1) is 17.5. The van der Waals surface area contributed by atoms with Crippen LogP contribution in [0.3, 0.4) is 0 Å². The Morgan fingerprint density at radius 1 is 0.963 bits per heavy atom. The molecule has 4 aliphatic carbocycles. The van der Waals surface area contributed by atoms with Gasteiger partial charge < -0.3 is 15.5 Å². The largest absolute Gasteiger partial charge is 0.372 e. The van der Waals surface area contributed by atoms with E-state index in [9.17, 15) is 4.79 Å². The van der Waals surface area contributed by atoms with Gasteiger partial charge in [0.1, 0.15) is 0 Å². The van der Waals surface area contributed by atoms with Crippen molar-refractivity contribution < 1.29 is 10.1 Å². The lowest BCUT2D eigenvalue weighted by Gasteiger charge is -2.54. The molecule has 146 valence electrons. The molecule has 4 saturated carbocycles. The molecule has 0 spiro atoms. The predicted molar refractivity (Wildman–Crippen MR) is 109 cm³/mol. The van der Waals surface area contributed by atoms with Gasteiger partial charge in [-0.05, 0) is 80.5 Å². The predicted octanol–water partition coefficient (Wildman–Crippen LogP) is 3.15. The highest BCUT2D eigenvalue weighted by Crippen LogP contribution is 2.54. The number of carbonyl (C=O) groups is 1. The first-order chi connectivity index (χ1) is 13.2. The van der Waals surface area contributed by atoms with Gasteiger partial charge in [-0.1, -0.05) is 0 Å². The Balaban J connectivity index is 1.14. The minimum absolute atomic E-state index is 0.150. The SMILES string of the molecule is O=C(C[NH2+]C12CC3CC(CC(C3)C1)C2)Nc1ccc(N2CCCCC2)cc1. The van der Waals surface area contributed by atoms with Crippen molar-refractivity contribution in [2.45, 2.75) is 63.3 Å². The minimum atomic E-state index is 0.150. The standard InChI is InChI=1S/C23H33N3O/c27-22(16-24-23-13-17-10-18(14-23)12-19(11-17)15-23)25-20-4-6-21(7-5-20)26-8-2-1-3-9-26/h4-7,17-19,24H,1-3,8-16H2,(H,25,27)/p+1. The number of hydrogen-bond acceptors (Lipinski definition) is 2. The van der Waals surface area contributed by atoms with Crippen LogP contribution in [0, 0.1) is 17.8 Å². The lowest BCUT2D eigenvalue weighted by atomic mass is 9.53. The fourth-order valence-corrected chi connectivity index (χ4v) is 6.86. The van der Waals surface area contributed by atoms with Crippen molar-refractivity contribution in [3.8, 4) is 0 Å². The van der Waals surface area contributed by atoms with Gasteiger partial charge >= 0.3 is 0 Å². The van der Waals surface area contributed by atoms with Crippen molar-refractivity contribution >= 4 is 17.3 Å². The fourth-order valence-electron chi connectivity index (χ4n) is 6.86. The summed E-state index contributed by atoms with van der Waals surface area (Å²) in [6.45, 7) is 2.89. The summed E-state index contributed by atoms with van der Waals surface area (Å²) in [6.07, 6.45) is 12.3. The maximum Gasteiger partial charge on any atom is 0.279 e. The Hall–Kier alpha value is -1.55. The van der Waals surface area contributed by atoms with E-state index in [-0.39, 0.29) is 5.91 Å². The number of rotatable bonds is 5. The third kappa shape index (κ3) is 3.73. The number of carbonyl (C=O) groups excluding carboxylic acids is 1. The lowest BCUT2D eigenvalue weighted by molar-refractivity contribution is -0.729. The number of quaternary nitrogens is 1. The van der Waals surface area contributed by atoms with Crippen LogP contribution in [0.1, 0.15) is 57.8 Å². The topological polar surface area (TPSA) is 49.0 Å². The molecular weight excluding hydrogens is 334 g/mol. The molecule has 0 radical (unpaired) electrons. The van der Waals surface area contributed by atoms with Crippen LogP contribution in [-0.2, 0) is 4.79 Å². The normalized spacial score (nSPS) is 34.7. The van der Waals surface area contributed by atoms with Crippen LogP contribution in [0.2, 0.25) is 0 Å². The van der Waals surface area contributed by atoms with E-state index in [2.05, 4.69) is 39.8 Å². The van der Waals surface area contributed by atoms with E-state index in [1.807, 2.05) is 0 Å². The van der Waals surface area contributed by atoms with Gasteiger partial charge in [0.25, 0.3) is 5.91 Å². The second-order valence-corrected chi connectivity index (χ2v) is 9.83. The maximum absolute atomic E-state index is 12.5. The Morgan fingerprint density at radius 2 is 1.56 bits per heavy atom. The number of hydrogen-bond donors (Lipinski definition) is 2. The Kier molecular flexibility index (Phi) is 4.63. The van der Waals surface area contributed by atoms with Gasteiger partial charge in [0, 0.05) is 43.7 Å². The van der Waals surface area contributed by atoms with Crippen LogP contribution in [0.25, 0.3) is 0 Å². The van der Waals surface area contributed by atoms with Crippen LogP contribution < -0.4 is 15.5 Å². The molecular formula is C23H34N3O+. The Morgan fingerprint density at radius 3 is 2.15 bits per heavy atom. The van der Waals surface area contributed by atoms with E-state index in [0.717, 1.165) is 36.5 Å². The smallest absolute Gasteiger partial charge is 0.279 e. The van der Waals surface area contributed by atoms with Crippen LogP contribution >= 0.6 is 0 Å². The summed E-state index contributed by atoms with van der Waals surface area (Å²) >= 11 is 0. The summed E-state index contributed by atoms with van der Waals surface area (Å²) in [5.74, 6) is 2.98. The third-order valence-corrected chi connectivity index (χ3v) is 7.68. The van der Waals surface area contributed by atoms with Crippen molar-refractivity contribution in [2.75, 3.05) is 29.9 Å². The highest BCUT2D eigenvalue weighted by atomic mass is 16.1. The zero-order valence-electron chi connectivity index (χ0n) is 16.5. The third-order valence-electron chi connectivity index (χ3n) is 7.68. The molecule has 0 atom stereocenters. The van der Waals surface area contributed by atoms with Crippen LogP contribution in [0.5, 0.6) is 0 Å². The molecule has 0 unspecified atom stereocenters. The second-order valence-electron chi connectivity index (χ2n) is 9.83. The van der Waals surface area contributed by atoms with Gasteiger partial charge in [0.05, 0.1) is 5.54 Å². The molecule has 1 saturated heterocycles. The van der Waals surface area contributed by atoms with Crippen LogP contribution in [-0.4, -0.2) is 31.1 Å². The second kappa shape index (κ2) is 7.12. The number of benzene rings is 1. The summed E-state index contributed by atoms with van der Waals surface area (Å²) in [6, 6.07) is 8.44. The van der Waals surface area contributed by atoms with Gasteiger partial charge in [0.2, 0.25) is 0 Å². The van der Waals surface area contributed by atoms with Gasteiger partial charge in [0.15, 0.2) is 6.54 Å². The molecule has 0 aromatic heterocycles. The monoisotopic (exact) mass is 368 g/mol. The van der Waals surface area contributed by atoms with Crippen molar-refractivity contribution in [1.82, 2.24) is 0 Å². The molecule has 3 N–H and O–H groups in total. The molecule has 6 rings (SSSR count). The summed E-state index contributed by atoms with van der Waals surface area (Å²) in [5.41, 5.74) is 2.59.